The number of rotatable bonds is 5. The van der Waals surface area contributed by atoms with Crippen molar-refractivity contribution in [2.75, 3.05) is 25.0 Å². The third-order valence-corrected chi connectivity index (χ3v) is 6.17. The molecule has 1 aliphatic rings. The SMILES string of the molecule is O=C(CN1CCC(c2nc(-c3ccccn3)no2)CC1)Nc1nc2ccc(F)cc2s1. The highest BCUT2D eigenvalue weighted by Gasteiger charge is 2.26. The second kappa shape index (κ2) is 8.48. The van der Waals surface area contributed by atoms with Gasteiger partial charge in [-0.15, -0.1) is 0 Å². The topological polar surface area (TPSA) is 97.0 Å². The molecule has 0 radical (unpaired) electrons. The predicted octanol–water partition coefficient (Wildman–Crippen LogP) is 3.70. The summed E-state index contributed by atoms with van der Waals surface area (Å²) in [7, 11) is 0. The molecule has 1 N–H and O–H groups in total. The maximum atomic E-state index is 13.3. The molecule has 0 atom stereocenters. The number of nitrogens with zero attached hydrogens (tertiary/aromatic N) is 5. The van der Waals surface area contributed by atoms with Crippen LogP contribution in [0, 0.1) is 5.82 Å². The number of thiazole rings is 1. The first kappa shape index (κ1) is 19.7. The van der Waals surface area contributed by atoms with Gasteiger partial charge in [-0.3, -0.25) is 14.7 Å². The summed E-state index contributed by atoms with van der Waals surface area (Å²) in [5.41, 5.74) is 1.36. The highest BCUT2D eigenvalue weighted by atomic mass is 32.1. The average molecular weight is 438 g/mol. The number of likely N-dealkylation sites (tertiary alicyclic amines) is 1. The fourth-order valence-corrected chi connectivity index (χ4v) is 4.56. The van der Waals surface area contributed by atoms with E-state index in [2.05, 4.69) is 30.3 Å². The number of halogens is 1. The summed E-state index contributed by atoms with van der Waals surface area (Å²) in [6.45, 7) is 1.79. The number of aromatic nitrogens is 4. The first-order valence-corrected chi connectivity index (χ1v) is 10.8. The number of hydrogen-bond acceptors (Lipinski definition) is 8. The number of carbonyl (C=O) groups excluding carboxylic acids is 1. The Hall–Kier alpha value is -3.24. The number of hydrogen-bond donors (Lipinski definition) is 1. The standard InChI is InChI=1S/C21H19FN6O2S/c22-14-4-5-15-17(11-14)31-21(24-15)25-18(29)12-28-9-6-13(7-10-28)20-26-19(27-30-20)16-3-1-2-8-23-16/h1-5,8,11,13H,6-7,9-10,12H2,(H,24,25,29). The Morgan fingerprint density at radius 2 is 2.10 bits per heavy atom. The van der Waals surface area contributed by atoms with E-state index in [1.807, 2.05) is 18.2 Å². The smallest absolute Gasteiger partial charge is 0.240 e. The summed E-state index contributed by atoms with van der Waals surface area (Å²) in [5, 5.41) is 7.34. The molecule has 1 aromatic carbocycles. The summed E-state index contributed by atoms with van der Waals surface area (Å²) < 4.78 is 19.5. The lowest BCUT2D eigenvalue weighted by Gasteiger charge is -2.29. The Balaban J connectivity index is 1.14. The van der Waals surface area contributed by atoms with Crippen LogP contribution in [-0.4, -0.2) is 50.5 Å². The Bertz CT molecular complexity index is 1200. The molecule has 158 valence electrons. The molecular weight excluding hydrogens is 419 g/mol. The van der Waals surface area contributed by atoms with Crippen LogP contribution in [0.15, 0.2) is 47.1 Å². The third-order valence-electron chi connectivity index (χ3n) is 5.24. The number of benzene rings is 1. The fraction of sp³-hybridized carbons (Fsp3) is 0.286. The van der Waals surface area contributed by atoms with Gasteiger partial charge in [0.25, 0.3) is 0 Å². The van der Waals surface area contributed by atoms with E-state index in [4.69, 9.17) is 4.52 Å². The van der Waals surface area contributed by atoms with Crippen LogP contribution in [0.25, 0.3) is 21.7 Å². The van der Waals surface area contributed by atoms with Crippen LogP contribution in [0.2, 0.25) is 0 Å². The zero-order valence-corrected chi connectivity index (χ0v) is 17.3. The zero-order chi connectivity index (χ0) is 21.2. The van der Waals surface area contributed by atoms with Crippen molar-refractivity contribution in [2.45, 2.75) is 18.8 Å². The normalized spacial score (nSPS) is 15.4. The van der Waals surface area contributed by atoms with Gasteiger partial charge in [0.1, 0.15) is 11.5 Å². The van der Waals surface area contributed by atoms with E-state index in [1.54, 1.807) is 12.3 Å². The molecule has 0 aliphatic carbocycles. The van der Waals surface area contributed by atoms with Gasteiger partial charge < -0.3 is 9.84 Å². The number of pyridine rings is 1. The van der Waals surface area contributed by atoms with Crippen molar-refractivity contribution in [1.29, 1.82) is 0 Å². The van der Waals surface area contributed by atoms with Crippen molar-refractivity contribution in [1.82, 2.24) is 25.0 Å². The van der Waals surface area contributed by atoms with Crippen LogP contribution in [-0.2, 0) is 4.79 Å². The van der Waals surface area contributed by atoms with Gasteiger partial charge in [-0.1, -0.05) is 22.6 Å². The molecule has 0 spiro atoms. The molecule has 4 aromatic rings. The first-order valence-electron chi connectivity index (χ1n) is 9.97. The van der Waals surface area contributed by atoms with Gasteiger partial charge in [0, 0.05) is 12.1 Å². The second-order valence-electron chi connectivity index (χ2n) is 7.40. The highest BCUT2D eigenvalue weighted by molar-refractivity contribution is 7.22. The van der Waals surface area contributed by atoms with Crippen LogP contribution in [0.1, 0.15) is 24.7 Å². The van der Waals surface area contributed by atoms with Crippen LogP contribution in [0.5, 0.6) is 0 Å². The molecule has 1 amide bonds. The predicted molar refractivity (Wildman–Crippen MR) is 114 cm³/mol. The van der Waals surface area contributed by atoms with Gasteiger partial charge in [0.2, 0.25) is 17.6 Å². The number of amides is 1. The van der Waals surface area contributed by atoms with Crippen LogP contribution in [0.4, 0.5) is 9.52 Å². The van der Waals surface area contributed by atoms with Crippen molar-refractivity contribution >= 4 is 32.6 Å². The highest BCUT2D eigenvalue weighted by Crippen LogP contribution is 2.29. The number of anilines is 1. The lowest BCUT2D eigenvalue weighted by molar-refractivity contribution is -0.117. The Morgan fingerprint density at radius 1 is 1.23 bits per heavy atom. The fourth-order valence-electron chi connectivity index (χ4n) is 3.65. The minimum absolute atomic E-state index is 0.131. The summed E-state index contributed by atoms with van der Waals surface area (Å²) in [4.78, 5) is 27.6. The van der Waals surface area contributed by atoms with Crippen molar-refractivity contribution in [3.63, 3.8) is 0 Å². The molecule has 8 nitrogen and oxygen atoms in total. The lowest BCUT2D eigenvalue weighted by atomic mass is 9.97. The van der Waals surface area contributed by atoms with Crippen molar-refractivity contribution in [3.8, 4) is 11.5 Å². The van der Waals surface area contributed by atoms with Gasteiger partial charge in [-0.25, -0.2) is 9.37 Å². The molecule has 1 saturated heterocycles. The third kappa shape index (κ3) is 4.44. The van der Waals surface area contributed by atoms with Crippen LogP contribution >= 0.6 is 11.3 Å². The van der Waals surface area contributed by atoms with E-state index >= 15 is 0 Å². The number of fused-ring (bicyclic) bond motifs is 1. The largest absolute Gasteiger partial charge is 0.339 e. The van der Waals surface area contributed by atoms with Crippen LogP contribution in [0.3, 0.4) is 0 Å². The molecular formula is C21H19FN6O2S. The Morgan fingerprint density at radius 3 is 2.90 bits per heavy atom. The minimum Gasteiger partial charge on any atom is -0.339 e. The molecule has 3 aromatic heterocycles. The molecule has 0 saturated carbocycles. The molecule has 0 unspecified atom stereocenters. The molecule has 31 heavy (non-hydrogen) atoms. The second-order valence-corrected chi connectivity index (χ2v) is 8.43. The lowest BCUT2D eigenvalue weighted by Crippen LogP contribution is -2.38. The van der Waals surface area contributed by atoms with E-state index in [0.717, 1.165) is 25.9 Å². The van der Waals surface area contributed by atoms with E-state index in [9.17, 15) is 9.18 Å². The van der Waals surface area contributed by atoms with Gasteiger partial charge in [0.15, 0.2) is 5.13 Å². The summed E-state index contributed by atoms with van der Waals surface area (Å²) in [5.74, 6) is 0.835. The van der Waals surface area contributed by atoms with E-state index in [0.29, 0.717) is 32.8 Å². The Kier molecular flexibility index (Phi) is 5.39. The van der Waals surface area contributed by atoms with E-state index in [1.165, 1.54) is 23.5 Å². The maximum Gasteiger partial charge on any atom is 0.240 e. The quantitative estimate of drug-likeness (QED) is 0.507. The molecule has 10 heteroatoms. The first-order chi connectivity index (χ1) is 15.1. The molecule has 1 fully saturated rings. The maximum absolute atomic E-state index is 13.3. The number of nitrogens with one attached hydrogen (secondary N) is 1. The van der Waals surface area contributed by atoms with Gasteiger partial charge in [-0.05, 0) is 56.3 Å². The molecule has 4 heterocycles. The monoisotopic (exact) mass is 438 g/mol. The average Bonchev–Trinajstić information content (AvgIpc) is 3.41. The molecule has 1 aliphatic heterocycles. The number of carbonyl (C=O) groups is 1. The molecule has 0 bridgehead atoms. The van der Waals surface area contributed by atoms with Crippen molar-refractivity contribution < 1.29 is 13.7 Å². The van der Waals surface area contributed by atoms with Gasteiger partial charge in [-0.2, -0.15) is 4.98 Å². The summed E-state index contributed by atoms with van der Waals surface area (Å²) in [6.07, 6.45) is 3.36. The van der Waals surface area contributed by atoms with Crippen LogP contribution < -0.4 is 5.32 Å². The summed E-state index contributed by atoms with van der Waals surface area (Å²) in [6, 6.07) is 9.96. The van der Waals surface area contributed by atoms with E-state index in [-0.39, 0.29) is 24.2 Å². The Labute approximate surface area is 181 Å². The minimum atomic E-state index is -0.315. The van der Waals surface area contributed by atoms with E-state index < -0.39 is 0 Å². The van der Waals surface area contributed by atoms with Gasteiger partial charge in [0.05, 0.1) is 16.8 Å². The summed E-state index contributed by atoms with van der Waals surface area (Å²) >= 11 is 1.27. The van der Waals surface area contributed by atoms with Crippen molar-refractivity contribution in [2.24, 2.45) is 0 Å². The van der Waals surface area contributed by atoms with Gasteiger partial charge >= 0.3 is 0 Å². The number of piperidine rings is 1. The van der Waals surface area contributed by atoms with Crippen molar-refractivity contribution in [3.05, 3.63) is 54.3 Å². The molecule has 5 rings (SSSR count). The zero-order valence-electron chi connectivity index (χ0n) is 16.5.